The lowest BCUT2D eigenvalue weighted by atomic mass is 10.1. The van der Waals surface area contributed by atoms with Gasteiger partial charge in [-0.3, -0.25) is 4.79 Å². The number of hydrogen-bond donors (Lipinski definition) is 1. The van der Waals surface area contributed by atoms with Gasteiger partial charge in [0, 0.05) is 24.2 Å². The molecule has 0 spiro atoms. The molecule has 3 rings (SSSR count). The molecule has 150 valence electrons. The van der Waals surface area contributed by atoms with Crippen LogP contribution in [0, 0.1) is 0 Å². The second kappa shape index (κ2) is 8.72. The van der Waals surface area contributed by atoms with Crippen LogP contribution in [0.25, 0.3) is 0 Å². The largest absolute Gasteiger partial charge is 0.496 e. The van der Waals surface area contributed by atoms with Crippen molar-refractivity contribution in [2.45, 2.75) is 17.9 Å². The predicted molar refractivity (Wildman–Crippen MR) is 105 cm³/mol. The molecule has 1 fully saturated rings. The van der Waals surface area contributed by atoms with E-state index in [0.717, 1.165) is 5.56 Å². The van der Waals surface area contributed by atoms with Gasteiger partial charge in [0.15, 0.2) is 0 Å². The summed E-state index contributed by atoms with van der Waals surface area (Å²) in [6, 6.07) is 13.2. The van der Waals surface area contributed by atoms with Gasteiger partial charge in [0.2, 0.25) is 10.0 Å². The maximum Gasteiger partial charge on any atom is 0.251 e. The number of para-hydroxylation sites is 1. The second-order valence-corrected chi connectivity index (χ2v) is 8.42. The monoisotopic (exact) mass is 404 g/mol. The molecule has 1 heterocycles. The molecule has 0 saturated carbocycles. The Morgan fingerprint density at radius 3 is 2.39 bits per heavy atom. The predicted octanol–water partition coefficient (Wildman–Crippen LogP) is 2.21. The first-order valence-corrected chi connectivity index (χ1v) is 10.5. The van der Waals surface area contributed by atoms with Crippen LogP contribution in [0.15, 0.2) is 53.4 Å². The number of sulfonamides is 1. The van der Waals surface area contributed by atoms with Crippen LogP contribution < -0.4 is 10.1 Å². The molecule has 8 heteroatoms. The molecule has 2 aromatic carbocycles. The molecule has 1 saturated heterocycles. The van der Waals surface area contributed by atoms with E-state index in [9.17, 15) is 13.2 Å². The number of rotatable bonds is 6. The van der Waals surface area contributed by atoms with E-state index in [2.05, 4.69) is 5.32 Å². The molecule has 7 nitrogen and oxygen atoms in total. The maximum atomic E-state index is 12.7. The summed E-state index contributed by atoms with van der Waals surface area (Å²) in [5, 5.41) is 2.91. The van der Waals surface area contributed by atoms with Crippen LogP contribution in [0.4, 0.5) is 0 Å². The number of carbonyl (C=O) groups excluding carboxylic acids is 1. The molecule has 1 amide bonds. The average molecular weight is 404 g/mol. The molecule has 0 radical (unpaired) electrons. The topological polar surface area (TPSA) is 84.9 Å². The summed E-state index contributed by atoms with van der Waals surface area (Å²) in [7, 11) is -1.99. The second-order valence-electron chi connectivity index (χ2n) is 6.48. The summed E-state index contributed by atoms with van der Waals surface area (Å²) in [5.41, 5.74) is 1.26. The Labute approximate surface area is 165 Å². The highest BCUT2D eigenvalue weighted by Gasteiger charge is 2.26. The minimum absolute atomic E-state index is 0.170. The third kappa shape index (κ3) is 4.35. The van der Waals surface area contributed by atoms with Gasteiger partial charge in [-0.25, -0.2) is 8.42 Å². The number of nitrogens with one attached hydrogen (secondary N) is 1. The van der Waals surface area contributed by atoms with Crippen molar-refractivity contribution in [2.24, 2.45) is 0 Å². The van der Waals surface area contributed by atoms with E-state index in [4.69, 9.17) is 9.47 Å². The fourth-order valence-electron chi connectivity index (χ4n) is 3.10. The Bertz CT molecular complexity index is 922. The first-order chi connectivity index (χ1) is 13.4. The summed E-state index contributed by atoms with van der Waals surface area (Å²) in [6.45, 7) is 3.32. The number of amides is 1. The van der Waals surface area contributed by atoms with E-state index in [1.54, 1.807) is 7.11 Å². The van der Waals surface area contributed by atoms with Crippen LogP contribution in [0.2, 0.25) is 0 Å². The van der Waals surface area contributed by atoms with Crippen molar-refractivity contribution in [3.63, 3.8) is 0 Å². The maximum absolute atomic E-state index is 12.7. The van der Waals surface area contributed by atoms with Crippen LogP contribution in [-0.2, 0) is 14.8 Å². The average Bonchev–Trinajstić information content (AvgIpc) is 2.74. The van der Waals surface area contributed by atoms with Crippen molar-refractivity contribution < 1.29 is 22.7 Å². The summed E-state index contributed by atoms with van der Waals surface area (Å²) < 4.78 is 37.2. The molecule has 1 N–H and O–H groups in total. The third-order valence-electron chi connectivity index (χ3n) is 4.68. The van der Waals surface area contributed by atoms with E-state index >= 15 is 0 Å². The molecule has 1 aliphatic heterocycles. The van der Waals surface area contributed by atoms with E-state index in [1.165, 1.54) is 28.6 Å². The van der Waals surface area contributed by atoms with Gasteiger partial charge in [-0.05, 0) is 37.3 Å². The summed E-state index contributed by atoms with van der Waals surface area (Å²) in [5.74, 6) is 0.413. The quantitative estimate of drug-likeness (QED) is 0.798. The van der Waals surface area contributed by atoms with Gasteiger partial charge in [-0.15, -0.1) is 0 Å². The smallest absolute Gasteiger partial charge is 0.251 e. The number of nitrogens with zero attached hydrogens (tertiary/aromatic N) is 1. The molecule has 0 aromatic heterocycles. The summed E-state index contributed by atoms with van der Waals surface area (Å²) in [4.78, 5) is 12.7. The fourth-order valence-corrected chi connectivity index (χ4v) is 4.50. The molecule has 0 aliphatic carbocycles. The molecular formula is C20H24N2O5S. The van der Waals surface area contributed by atoms with Gasteiger partial charge < -0.3 is 14.8 Å². The third-order valence-corrected chi connectivity index (χ3v) is 6.59. The highest BCUT2D eigenvalue weighted by Crippen LogP contribution is 2.25. The summed E-state index contributed by atoms with van der Waals surface area (Å²) in [6.07, 6.45) is 0. The van der Waals surface area contributed by atoms with Gasteiger partial charge in [-0.1, -0.05) is 18.2 Å². The molecule has 2 aromatic rings. The van der Waals surface area contributed by atoms with E-state index in [-0.39, 0.29) is 16.8 Å². The number of methoxy groups -OCH3 is 1. The van der Waals surface area contributed by atoms with E-state index < -0.39 is 10.0 Å². The number of morpholine rings is 1. The van der Waals surface area contributed by atoms with Crippen LogP contribution >= 0.6 is 0 Å². The van der Waals surface area contributed by atoms with Crippen LogP contribution in [0.5, 0.6) is 5.75 Å². The lowest BCUT2D eigenvalue weighted by Gasteiger charge is -2.26. The Morgan fingerprint density at radius 2 is 1.75 bits per heavy atom. The van der Waals surface area contributed by atoms with E-state index in [0.29, 0.717) is 37.6 Å². The first kappa shape index (κ1) is 20.3. The van der Waals surface area contributed by atoms with Gasteiger partial charge in [0.1, 0.15) is 5.75 Å². The Morgan fingerprint density at radius 1 is 1.11 bits per heavy atom. The van der Waals surface area contributed by atoms with Crippen molar-refractivity contribution in [1.29, 1.82) is 0 Å². The van der Waals surface area contributed by atoms with Crippen molar-refractivity contribution in [3.05, 3.63) is 59.7 Å². The normalized spacial score (nSPS) is 16.4. The van der Waals surface area contributed by atoms with Gasteiger partial charge >= 0.3 is 0 Å². The molecule has 1 aliphatic rings. The standard InChI is InChI=1S/C20H24N2O5S/c1-15(18-5-3-4-6-19(18)26-2)21-20(23)16-7-9-17(10-8-16)28(24,25)22-11-13-27-14-12-22/h3-10,15H,11-14H2,1-2H3,(H,21,23)/t15-/m1/s1. The van der Waals surface area contributed by atoms with Gasteiger partial charge in [0.25, 0.3) is 5.91 Å². The lowest BCUT2D eigenvalue weighted by molar-refractivity contribution is 0.0730. The Balaban J connectivity index is 1.71. The summed E-state index contributed by atoms with van der Waals surface area (Å²) >= 11 is 0. The molecule has 28 heavy (non-hydrogen) atoms. The fraction of sp³-hybridized carbons (Fsp3) is 0.350. The van der Waals surface area contributed by atoms with Crippen molar-refractivity contribution in [3.8, 4) is 5.75 Å². The zero-order valence-electron chi connectivity index (χ0n) is 15.9. The Kier molecular flexibility index (Phi) is 6.33. The number of benzene rings is 2. The van der Waals surface area contributed by atoms with E-state index in [1.807, 2.05) is 31.2 Å². The molecular weight excluding hydrogens is 380 g/mol. The van der Waals surface area contributed by atoms with Crippen LogP contribution in [-0.4, -0.2) is 52.0 Å². The minimum atomic E-state index is -3.57. The van der Waals surface area contributed by atoms with Crippen molar-refractivity contribution in [1.82, 2.24) is 9.62 Å². The number of carbonyl (C=O) groups is 1. The molecule has 0 unspecified atom stereocenters. The zero-order chi connectivity index (χ0) is 20.1. The van der Waals surface area contributed by atoms with Gasteiger partial charge in [-0.2, -0.15) is 4.31 Å². The molecule has 0 bridgehead atoms. The lowest BCUT2D eigenvalue weighted by Crippen LogP contribution is -2.40. The minimum Gasteiger partial charge on any atom is -0.496 e. The van der Waals surface area contributed by atoms with Gasteiger partial charge in [0.05, 0.1) is 31.3 Å². The number of ether oxygens (including phenoxy) is 2. The van der Waals surface area contributed by atoms with Crippen LogP contribution in [0.1, 0.15) is 28.9 Å². The van der Waals surface area contributed by atoms with Crippen molar-refractivity contribution in [2.75, 3.05) is 33.4 Å². The SMILES string of the molecule is COc1ccccc1[C@@H](C)NC(=O)c1ccc(S(=O)(=O)N2CCOCC2)cc1. The van der Waals surface area contributed by atoms with Crippen molar-refractivity contribution >= 4 is 15.9 Å². The highest BCUT2D eigenvalue weighted by molar-refractivity contribution is 7.89. The highest BCUT2D eigenvalue weighted by atomic mass is 32.2. The Hall–Kier alpha value is -2.42. The van der Waals surface area contributed by atoms with Crippen LogP contribution in [0.3, 0.4) is 0 Å². The molecule has 1 atom stereocenters. The number of hydrogen-bond acceptors (Lipinski definition) is 5. The first-order valence-electron chi connectivity index (χ1n) is 9.05. The zero-order valence-corrected chi connectivity index (χ0v) is 16.7.